The van der Waals surface area contributed by atoms with E-state index >= 15 is 0 Å². The molecular formula is C20H27OP. The summed E-state index contributed by atoms with van der Waals surface area (Å²) in [6, 6.07) is 12.7. The summed E-state index contributed by atoms with van der Waals surface area (Å²) in [5.41, 5.74) is 7.59. The standard InChI is InChI=1S/C20H27OP/c1-6-22(21,13-19-15(2)9-7-10-16(19)3)14-20-17(4)11-8-12-18(20)5/h7-12H,6,13-14H2,1-5H3. The van der Waals surface area contributed by atoms with Crippen LogP contribution >= 0.6 is 7.14 Å². The first-order chi connectivity index (χ1) is 10.4. The summed E-state index contributed by atoms with van der Waals surface area (Å²) in [6.45, 7) is 10.6. The third-order valence-corrected chi connectivity index (χ3v) is 7.70. The molecule has 0 spiro atoms. The van der Waals surface area contributed by atoms with Crippen LogP contribution in [0.3, 0.4) is 0 Å². The molecule has 0 bridgehead atoms. The first kappa shape index (κ1) is 17.0. The van der Waals surface area contributed by atoms with Crippen molar-refractivity contribution >= 4 is 7.14 Å². The van der Waals surface area contributed by atoms with E-state index in [4.69, 9.17) is 0 Å². The fourth-order valence-electron chi connectivity index (χ4n) is 3.05. The maximum Gasteiger partial charge on any atom is 0.0958 e. The van der Waals surface area contributed by atoms with E-state index in [9.17, 15) is 4.57 Å². The maximum atomic E-state index is 13.5. The van der Waals surface area contributed by atoms with Crippen LogP contribution in [0.5, 0.6) is 0 Å². The van der Waals surface area contributed by atoms with E-state index in [1.165, 1.54) is 33.4 Å². The van der Waals surface area contributed by atoms with Gasteiger partial charge in [0, 0.05) is 12.3 Å². The molecule has 0 aliphatic rings. The van der Waals surface area contributed by atoms with Crippen molar-refractivity contribution in [2.75, 3.05) is 6.16 Å². The molecule has 0 aromatic heterocycles. The Bertz CT molecular complexity index is 618. The van der Waals surface area contributed by atoms with Crippen molar-refractivity contribution in [3.05, 3.63) is 69.8 Å². The fourth-order valence-corrected chi connectivity index (χ4v) is 5.76. The highest BCUT2D eigenvalue weighted by Crippen LogP contribution is 2.53. The lowest BCUT2D eigenvalue weighted by atomic mass is 10.0. The van der Waals surface area contributed by atoms with Crippen LogP contribution in [0, 0.1) is 27.7 Å². The summed E-state index contributed by atoms with van der Waals surface area (Å²) in [5.74, 6) is 0. The molecule has 0 heterocycles. The molecule has 2 aromatic rings. The highest BCUT2D eigenvalue weighted by atomic mass is 31.2. The van der Waals surface area contributed by atoms with Crippen molar-refractivity contribution in [3.63, 3.8) is 0 Å². The van der Waals surface area contributed by atoms with Gasteiger partial charge in [0.05, 0.1) is 7.14 Å². The monoisotopic (exact) mass is 314 g/mol. The van der Waals surface area contributed by atoms with Crippen molar-refractivity contribution in [3.8, 4) is 0 Å². The molecule has 2 aromatic carbocycles. The van der Waals surface area contributed by atoms with Gasteiger partial charge >= 0.3 is 0 Å². The SMILES string of the molecule is CCP(=O)(Cc1c(C)cccc1C)Cc1c(C)cccc1C. The summed E-state index contributed by atoms with van der Waals surface area (Å²) in [5, 5.41) is 0. The van der Waals surface area contributed by atoms with Crippen molar-refractivity contribution in [2.24, 2.45) is 0 Å². The van der Waals surface area contributed by atoms with Crippen LogP contribution in [0.15, 0.2) is 36.4 Å². The van der Waals surface area contributed by atoms with E-state index < -0.39 is 7.14 Å². The third kappa shape index (κ3) is 3.70. The second kappa shape index (κ2) is 6.84. The number of rotatable bonds is 5. The van der Waals surface area contributed by atoms with E-state index in [0.717, 1.165) is 18.5 Å². The Morgan fingerprint density at radius 1 is 0.727 bits per heavy atom. The van der Waals surface area contributed by atoms with E-state index in [1.54, 1.807) is 0 Å². The number of benzene rings is 2. The first-order valence-electron chi connectivity index (χ1n) is 8.03. The largest absolute Gasteiger partial charge is 0.323 e. The topological polar surface area (TPSA) is 17.1 Å². The van der Waals surface area contributed by atoms with E-state index in [1.807, 2.05) is 0 Å². The highest BCUT2D eigenvalue weighted by molar-refractivity contribution is 7.62. The van der Waals surface area contributed by atoms with Gasteiger partial charge in [0.1, 0.15) is 0 Å². The Morgan fingerprint density at radius 3 is 1.32 bits per heavy atom. The molecule has 1 nitrogen and oxygen atoms in total. The fraction of sp³-hybridized carbons (Fsp3) is 0.400. The minimum Gasteiger partial charge on any atom is -0.323 e. The Balaban J connectivity index is 2.36. The van der Waals surface area contributed by atoms with Gasteiger partial charge < -0.3 is 4.57 Å². The van der Waals surface area contributed by atoms with Crippen LogP contribution in [0.2, 0.25) is 0 Å². The molecule has 118 valence electrons. The predicted molar refractivity (Wildman–Crippen MR) is 97.4 cm³/mol. The van der Waals surface area contributed by atoms with Crippen LogP contribution < -0.4 is 0 Å². The van der Waals surface area contributed by atoms with Gasteiger partial charge in [0.25, 0.3) is 0 Å². The highest BCUT2D eigenvalue weighted by Gasteiger charge is 2.24. The molecule has 2 heteroatoms. The average molecular weight is 314 g/mol. The zero-order valence-corrected chi connectivity index (χ0v) is 15.3. The van der Waals surface area contributed by atoms with E-state index in [0.29, 0.717) is 0 Å². The summed E-state index contributed by atoms with van der Waals surface area (Å²) in [6.07, 6.45) is 2.19. The van der Waals surface area contributed by atoms with Gasteiger partial charge in [-0.15, -0.1) is 0 Å². The molecule has 0 fully saturated rings. The summed E-state index contributed by atoms with van der Waals surface area (Å²) >= 11 is 0. The van der Waals surface area contributed by atoms with E-state index in [-0.39, 0.29) is 0 Å². The Hall–Kier alpha value is -1.33. The van der Waals surface area contributed by atoms with Gasteiger partial charge in [-0.25, -0.2) is 0 Å². The first-order valence-corrected chi connectivity index (χ1v) is 10.3. The minimum atomic E-state index is -2.25. The van der Waals surface area contributed by atoms with Gasteiger partial charge in [-0.2, -0.15) is 0 Å². The average Bonchev–Trinajstić information content (AvgIpc) is 2.47. The second-order valence-electron chi connectivity index (χ2n) is 6.43. The predicted octanol–water partition coefficient (Wildman–Crippen LogP) is 6.00. The lowest BCUT2D eigenvalue weighted by Crippen LogP contribution is -2.02. The summed E-state index contributed by atoms with van der Waals surface area (Å²) in [7, 11) is -2.25. The van der Waals surface area contributed by atoms with Crippen LogP contribution in [0.1, 0.15) is 40.3 Å². The molecule has 0 saturated carbocycles. The molecule has 0 atom stereocenters. The van der Waals surface area contributed by atoms with Gasteiger partial charge in [-0.1, -0.05) is 43.3 Å². The van der Waals surface area contributed by atoms with Gasteiger partial charge in [0.15, 0.2) is 0 Å². The normalized spacial score (nSPS) is 11.7. The van der Waals surface area contributed by atoms with Crippen LogP contribution in [0.4, 0.5) is 0 Å². The Morgan fingerprint density at radius 2 is 1.05 bits per heavy atom. The molecule has 0 N–H and O–H groups in total. The lowest BCUT2D eigenvalue weighted by molar-refractivity contribution is 0.573. The van der Waals surface area contributed by atoms with Crippen LogP contribution in [-0.4, -0.2) is 6.16 Å². The lowest BCUT2D eigenvalue weighted by Gasteiger charge is -2.21. The van der Waals surface area contributed by atoms with Crippen LogP contribution in [0.25, 0.3) is 0 Å². The second-order valence-corrected chi connectivity index (χ2v) is 9.81. The van der Waals surface area contributed by atoms with Gasteiger partial charge in [0.2, 0.25) is 0 Å². The van der Waals surface area contributed by atoms with Crippen molar-refractivity contribution in [1.82, 2.24) is 0 Å². The number of aryl methyl sites for hydroxylation is 4. The Labute approximate surface area is 135 Å². The third-order valence-electron chi connectivity index (χ3n) is 4.76. The molecular weight excluding hydrogens is 287 g/mol. The molecule has 0 radical (unpaired) electrons. The zero-order chi connectivity index (χ0) is 16.3. The van der Waals surface area contributed by atoms with Crippen molar-refractivity contribution < 1.29 is 4.57 Å². The molecule has 0 aliphatic heterocycles. The van der Waals surface area contributed by atoms with Crippen molar-refractivity contribution in [2.45, 2.75) is 46.9 Å². The summed E-state index contributed by atoms with van der Waals surface area (Å²) in [4.78, 5) is 0. The molecule has 0 saturated heterocycles. The number of hydrogen-bond acceptors (Lipinski definition) is 1. The number of hydrogen-bond donors (Lipinski definition) is 0. The van der Waals surface area contributed by atoms with Crippen LogP contribution in [-0.2, 0) is 16.9 Å². The Kier molecular flexibility index (Phi) is 5.29. The van der Waals surface area contributed by atoms with Gasteiger partial charge in [-0.05, 0) is 67.2 Å². The smallest absolute Gasteiger partial charge is 0.0958 e. The zero-order valence-electron chi connectivity index (χ0n) is 14.4. The molecule has 22 heavy (non-hydrogen) atoms. The van der Waals surface area contributed by atoms with Gasteiger partial charge in [-0.3, -0.25) is 0 Å². The minimum absolute atomic E-state index is 0.718. The quantitative estimate of drug-likeness (QED) is 0.618. The molecule has 2 rings (SSSR count). The molecule has 0 aliphatic carbocycles. The van der Waals surface area contributed by atoms with E-state index in [2.05, 4.69) is 71.0 Å². The summed E-state index contributed by atoms with van der Waals surface area (Å²) < 4.78 is 13.5. The molecule has 0 amide bonds. The maximum absolute atomic E-state index is 13.5. The molecule has 0 unspecified atom stereocenters. The van der Waals surface area contributed by atoms with Crippen molar-refractivity contribution in [1.29, 1.82) is 0 Å².